The van der Waals surface area contributed by atoms with Crippen molar-refractivity contribution in [3.8, 4) is 0 Å². The van der Waals surface area contributed by atoms with Crippen molar-refractivity contribution in [1.29, 1.82) is 0 Å². The third-order valence-electron chi connectivity index (χ3n) is 0.500. The van der Waals surface area contributed by atoms with E-state index in [4.69, 9.17) is 10.2 Å². The molecule has 1 N–H and O–H groups in total. The molecule has 0 fully saturated rings. The van der Waals surface area contributed by atoms with E-state index in [1.165, 1.54) is 17.7 Å². The first kappa shape index (κ1) is 16.7. The lowest BCUT2D eigenvalue weighted by molar-refractivity contribution is -0.836. The number of carbonyl (C=O) groups excluding carboxylic acids is 1. The summed E-state index contributed by atoms with van der Waals surface area (Å²) in [7, 11) is 6.25. The summed E-state index contributed by atoms with van der Waals surface area (Å²) in [6.07, 6.45) is 3.14. The van der Waals surface area contributed by atoms with Crippen molar-refractivity contribution in [3.05, 3.63) is 5.41 Å². The van der Waals surface area contributed by atoms with Crippen molar-refractivity contribution in [2.45, 2.75) is 26.7 Å². The summed E-state index contributed by atoms with van der Waals surface area (Å²) >= 11 is 0. The average molecular weight is 160 g/mol. The zero-order valence-corrected chi connectivity index (χ0v) is 8.27. The highest BCUT2D eigenvalue weighted by atomic mass is 16.1. The fourth-order valence-electron chi connectivity index (χ4n) is 0. The lowest BCUT2D eigenvalue weighted by atomic mass is 10.4. The van der Waals surface area contributed by atoms with E-state index >= 15 is 0 Å². The van der Waals surface area contributed by atoms with Crippen LogP contribution in [-0.4, -0.2) is 27.2 Å². The number of nitrogens with zero attached hydrogens (tertiary/aromatic N) is 1. The molecule has 0 aliphatic rings. The van der Waals surface area contributed by atoms with E-state index in [0.717, 1.165) is 0 Å². The molecule has 68 valence electrons. The molecule has 0 radical (unpaired) electrons. The molecule has 0 aromatic rings. The summed E-state index contributed by atoms with van der Waals surface area (Å²) in [5, 5.41) is 6.76. The Hall–Kier alpha value is -0.660. The molecule has 0 bridgehead atoms. The van der Waals surface area contributed by atoms with E-state index in [9.17, 15) is 0 Å². The van der Waals surface area contributed by atoms with Crippen LogP contribution in [0.25, 0.3) is 5.41 Å². The lowest BCUT2D eigenvalue weighted by Gasteiger charge is -1.88. The fraction of sp³-hybridized carbons (Fsp3) is 0.875. The molecule has 0 rings (SSSR count). The number of rotatable bonds is 1. The molecule has 0 atom stereocenters. The molecular formula is C8H20N2O. The molecule has 0 saturated carbocycles. The zero-order valence-electron chi connectivity index (χ0n) is 8.27. The summed E-state index contributed by atoms with van der Waals surface area (Å²) < 4.78 is 0. The Morgan fingerprint density at radius 2 is 1.27 bits per heavy atom. The van der Waals surface area contributed by atoms with Gasteiger partial charge in [-0.1, -0.05) is 26.7 Å². The largest absolute Gasteiger partial charge is 0.724 e. The molecule has 0 amide bonds. The minimum atomic E-state index is 0.500. The van der Waals surface area contributed by atoms with Crippen molar-refractivity contribution >= 4 is 6.08 Å². The first-order valence-electron chi connectivity index (χ1n) is 3.84. The first-order chi connectivity index (χ1) is 5.06. The van der Waals surface area contributed by atoms with E-state index < -0.39 is 0 Å². The van der Waals surface area contributed by atoms with E-state index in [1.54, 1.807) is 0 Å². The van der Waals surface area contributed by atoms with Crippen molar-refractivity contribution in [2.24, 2.45) is 0 Å². The molecule has 0 aliphatic carbocycles. The number of isocyanates is 1. The highest BCUT2D eigenvalue weighted by molar-refractivity contribution is 5.36. The maximum atomic E-state index is 8.24. The van der Waals surface area contributed by atoms with Gasteiger partial charge in [0.2, 0.25) is 0 Å². The van der Waals surface area contributed by atoms with Crippen molar-refractivity contribution < 1.29 is 9.69 Å². The van der Waals surface area contributed by atoms with Gasteiger partial charge in [0.15, 0.2) is 0 Å². The number of nitrogens with one attached hydrogen (secondary N) is 1. The predicted molar refractivity (Wildman–Crippen MR) is 48.4 cm³/mol. The standard InChI is InChI=1S/C4H10.C3H9N.CNO/c1-3-4-2;1-4(2)3;2-1-3/h3-4H2,1-2H3;1-3H3;/q;;-1/p+1. The van der Waals surface area contributed by atoms with E-state index in [2.05, 4.69) is 35.0 Å². The maximum absolute atomic E-state index is 8.24. The number of hydrogen-bond acceptors (Lipinski definition) is 1. The molecule has 0 spiro atoms. The topological polar surface area (TPSA) is 43.8 Å². The van der Waals surface area contributed by atoms with Gasteiger partial charge in [-0.25, -0.2) is 0 Å². The van der Waals surface area contributed by atoms with Crippen LogP contribution in [0.4, 0.5) is 0 Å². The summed E-state index contributed by atoms with van der Waals surface area (Å²) in [6.45, 7) is 4.36. The fourth-order valence-corrected chi connectivity index (χ4v) is 0. The van der Waals surface area contributed by atoms with E-state index in [-0.39, 0.29) is 0 Å². The molecule has 3 nitrogen and oxygen atoms in total. The number of hydrogen-bond donors (Lipinski definition) is 1. The Labute approximate surface area is 69.9 Å². The van der Waals surface area contributed by atoms with Gasteiger partial charge in [-0.2, -0.15) is 0 Å². The SMILES string of the molecule is CCCC.C[NH+](C)C.[N-]=C=O. The van der Waals surface area contributed by atoms with Crippen LogP contribution >= 0.6 is 0 Å². The Balaban J connectivity index is -0.0000000886. The van der Waals surface area contributed by atoms with E-state index in [0.29, 0.717) is 6.08 Å². The Morgan fingerprint density at radius 3 is 1.27 bits per heavy atom. The summed E-state index contributed by atoms with van der Waals surface area (Å²) in [4.78, 5) is 9.65. The van der Waals surface area contributed by atoms with Crippen LogP contribution in [0.15, 0.2) is 0 Å². The monoisotopic (exact) mass is 160 g/mol. The lowest BCUT2D eigenvalue weighted by Crippen LogP contribution is -3.02. The quantitative estimate of drug-likeness (QED) is 0.439. The second-order valence-corrected chi connectivity index (χ2v) is 2.59. The van der Waals surface area contributed by atoms with Gasteiger partial charge in [-0.3, -0.25) is 4.79 Å². The first-order valence-corrected chi connectivity index (χ1v) is 3.84. The average Bonchev–Trinajstić information content (AvgIpc) is 1.88. The molecular weight excluding hydrogens is 140 g/mol. The van der Waals surface area contributed by atoms with Crippen LogP contribution in [0, 0.1) is 0 Å². The maximum Gasteiger partial charge on any atom is 0.0661 e. The number of unbranched alkanes of at least 4 members (excludes halogenated alkanes) is 1. The molecule has 3 heteroatoms. The van der Waals surface area contributed by atoms with Crippen molar-refractivity contribution in [1.82, 2.24) is 0 Å². The summed E-state index contributed by atoms with van der Waals surface area (Å²) in [6, 6.07) is 0. The minimum absolute atomic E-state index is 0.500. The van der Waals surface area contributed by atoms with Gasteiger partial charge < -0.3 is 10.3 Å². The normalized spacial score (nSPS) is 6.73. The van der Waals surface area contributed by atoms with Crippen LogP contribution in [0.2, 0.25) is 0 Å². The molecule has 0 saturated heterocycles. The molecule has 0 aromatic carbocycles. The molecule has 11 heavy (non-hydrogen) atoms. The van der Waals surface area contributed by atoms with Gasteiger partial charge in [0.05, 0.1) is 21.1 Å². The smallest absolute Gasteiger partial charge is 0.0661 e. The van der Waals surface area contributed by atoms with E-state index in [1.807, 2.05) is 0 Å². The van der Waals surface area contributed by atoms with Gasteiger partial charge in [-0.05, 0) is 6.08 Å². The molecule has 0 unspecified atom stereocenters. The number of quaternary nitrogens is 1. The third kappa shape index (κ3) is 4350. The highest BCUT2D eigenvalue weighted by Gasteiger charge is 1.61. The van der Waals surface area contributed by atoms with Gasteiger partial charge in [0.25, 0.3) is 0 Å². The van der Waals surface area contributed by atoms with Gasteiger partial charge in [0.1, 0.15) is 0 Å². The van der Waals surface area contributed by atoms with Gasteiger partial charge in [0, 0.05) is 0 Å². The Kier molecular flexibility index (Phi) is 34.7. The Morgan fingerprint density at radius 1 is 1.18 bits per heavy atom. The van der Waals surface area contributed by atoms with Gasteiger partial charge in [-0.15, -0.1) is 0 Å². The summed E-state index contributed by atoms with van der Waals surface area (Å²) in [5.41, 5.74) is 0. The minimum Gasteiger partial charge on any atom is -0.724 e. The van der Waals surface area contributed by atoms with Crippen LogP contribution < -0.4 is 4.90 Å². The zero-order chi connectivity index (χ0) is 9.70. The second-order valence-electron chi connectivity index (χ2n) is 2.59. The van der Waals surface area contributed by atoms with Gasteiger partial charge >= 0.3 is 0 Å². The van der Waals surface area contributed by atoms with Crippen LogP contribution in [0.5, 0.6) is 0 Å². The van der Waals surface area contributed by atoms with Crippen LogP contribution in [-0.2, 0) is 4.79 Å². The Bertz CT molecular complexity index is 71.4. The van der Waals surface area contributed by atoms with Crippen LogP contribution in [0.3, 0.4) is 0 Å². The van der Waals surface area contributed by atoms with Crippen molar-refractivity contribution in [3.63, 3.8) is 0 Å². The second kappa shape index (κ2) is 22.8. The predicted octanol–water partition coefficient (Wildman–Crippen LogP) is 0.459. The van der Waals surface area contributed by atoms with Crippen molar-refractivity contribution in [2.75, 3.05) is 21.1 Å². The van der Waals surface area contributed by atoms with Crippen LogP contribution in [0.1, 0.15) is 26.7 Å². The molecule has 0 aromatic heterocycles. The molecule has 0 heterocycles. The third-order valence-corrected chi connectivity index (χ3v) is 0.500. The molecule has 0 aliphatic heterocycles. The summed E-state index contributed by atoms with van der Waals surface area (Å²) in [5.74, 6) is 0. The highest BCUT2D eigenvalue weighted by Crippen LogP contribution is 1.76.